The summed E-state index contributed by atoms with van der Waals surface area (Å²) in [5, 5.41) is 2.46. The number of hydrogen-bond acceptors (Lipinski definition) is 3. The van der Waals surface area contributed by atoms with E-state index in [1.54, 1.807) is 0 Å². The van der Waals surface area contributed by atoms with Gasteiger partial charge >= 0.3 is 0 Å². The summed E-state index contributed by atoms with van der Waals surface area (Å²) in [6.07, 6.45) is 1.83. The van der Waals surface area contributed by atoms with E-state index in [4.69, 9.17) is 9.47 Å². The fourth-order valence-electron chi connectivity index (χ4n) is 7.69. The van der Waals surface area contributed by atoms with Gasteiger partial charge in [-0.2, -0.15) is 0 Å². The molecule has 0 saturated carbocycles. The topological polar surface area (TPSA) is 36.3 Å². The van der Waals surface area contributed by atoms with Gasteiger partial charge in [0, 0.05) is 56.5 Å². The third-order valence-corrected chi connectivity index (χ3v) is 9.58. The van der Waals surface area contributed by atoms with Gasteiger partial charge < -0.3 is 14.0 Å². The maximum atomic E-state index is 6.83. The van der Waals surface area contributed by atoms with Gasteiger partial charge in [-0.15, -0.1) is 0 Å². The van der Waals surface area contributed by atoms with E-state index < -0.39 is 5.41 Å². The molecule has 216 valence electrons. The Balaban J connectivity index is 1.27. The monoisotopic (exact) mass is 590 g/mol. The van der Waals surface area contributed by atoms with Crippen LogP contribution in [0.3, 0.4) is 0 Å². The highest BCUT2D eigenvalue weighted by atomic mass is 16.5. The first-order chi connectivity index (χ1) is 22.8. The summed E-state index contributed by atoms with van der Waals surface area (Å²) in [5.41, 5.74) is 8.99. The average Bonchev–Trinajstić information content (AvgIpc) is 3.46. The van der Waals surface area contributed by atoms with E-state index in [9.17, 15) is 0 Å². The van der Waals surface area contributed by atoms with Crippen LogP contribution >= 0.6 is 0 Å². The van der Waals surface area contributed by atoms with Gasteiger partial charge in [-0.05, 0) is 48.5 Å². The smallest absolute Gasteiger partial charge is 0.134 e. The van der Waals surface area contributed by atoms with Crippen LogP contribution in [-0.2, 0) is 5.41 Å². The van der Waals surface area contributed by atoms with Crippen LogP contribution in [0.15, 0.2) is 158 Å². The lowest BCUT2D eigenvalue weighted by atomic mass is 9.62. The Morgan fingerprint density at radius 2 is 1.00 bits per heavy atom. The normalized spacial score (nSPS) is 15.8. The van der Waals surface area contributed by atoms with Crippen molar-refractivity contribution < 1.29 is 9.47 Å². The van der Waals surface area contributed by atoms with Gasteiger partial charge in [0.1, 0.15) is 23.0 Å². The molecule has 0 aliphatic carbocycles. The van der Waals surface area contributed by atoms with Crippen LogP contribution in [0.5, 0.6) is 23.0 Å². The van der Waals surface area contributed by atoms with Crippen LogP contribution < -0.4 is 9.47 Å². The molecule has 4 heteroatoms. The van der Waals surface area contributed by atoms with Crippen LogP contribution in [0, 0.1) is 0 Å². The molecule has 2 aliphatic rings. The van der Waals surface area contributed by atoms with Crippen molar-refractivity contribution in [1.82, 2.24) is 9.55 Å². The molecule has 0 bridgehead atoms. The van der Waals surface area contributed by atoms with Gasteiger partial charge in [0.05, 0.1) is 22.1 Å². The molecule has 1 atom stereocenters. The average molecular weight is 591 g/mol. The van der Waals surface area contributed by atoms with E-state index in [-0.39, 0.29) is 0 Å². The molecule has 0 N–H and O–H groups in total. The van der Waals surface area contributed by atoms with E-state index in [2.05, 4.69) is 131 Å². The maximum Gasteiger partial charge on any atom is 0.134 e. The SMILES string of the molecule is c1ccc(-c2ccc3c(c2)Oc2ccccc2C32c3ccccc3Oc3cc(-n4c5ccccc5c5ccccc54)ccc32)nc1. The van der Waals surface area contributed by atoms with E-state index in [1.165, 1.54) is 21.8 Å². The molecular formula is C42H26N2O2. The number of fused-ring (bicyclic) bond motifs is 11. The molecule has 0 saturated heterocycles. The number of nitrogens with zero attached hydrogens (tertiary/aromatic N) is 2. The highest BCUT2D eigenvalue weighted by Crippen LogP contribution is 2.61. The summed E-state index contributed by atoms with van der Waals surface area (Å²) >= 11 is 0. The summed E-state index contributed by atoms with van der Waals surface area (Å²) < 4.78 is 15.9. The van der Waals surface area contributed by atoms with Crippen molar-refractivity contribution in [2.75, 3.05) is 0 Å². The molecular weight excluding hydrogens is 564 g/mol. The molecule has 0 amide bonds. The first-order valence-electron chi connectivity index (χ1n) is 15.5. The van der Waals surface area contributed by atoms with Gasteiger partial charge in [0.15, 0.2) is 0 Å². The van der Waals surface area contributed by atoms with E-state index in [0.29, 0.717) is 0 Å². The molecule has 10 rings (SSSR count). The van der Waals surface area contributed by atoms with Gasteiger partial charge in [-0.3, -0.25) is 4.98 Å². The summed E-state index contributed by atoms with van der Waals surface area (Å²) in [5.74, 6) is 3.32. The zero-order valence-corrected chi connectivity index (χ0v) is 24.7. The molecule has 1 unspecified atom stereocenters. The van der Waals surface area contributed by atoms with Crippen LogP contribution in [0.25, 0.3) is 38.8 Å². The predicted octanol–water partition coefficient (Wildman–Crippen LogP) is 10.4. The zero-order chi connectivity index (χ0) is 30.2. The fourth-order valence-corrected chi connectivity index (χ4v) is 7.69. The molecule has 0 fully saturated rings. The fraction of sp³-hybridized carbons (Fsp3) is 0.0238. The quantitative estimate of drug-likeness (QED) is 0.201. The molecule has 2 aromatic heterocycles. The molecule has 0 radical (unpaired) electrons. The van der Waals surface area contributed by atoms with Crippen LogP contribution in [-0.4, -0.2) is 9.55 Å². The molecule has 2 aliphatic heterocycles. The van der Waals surface area contributed by atoms with Gasteiger partial charge in [0.2, 0.25) is 0 Å². The highest BCUT2D eigenvalue weighted by molar-refractivity contribution is 6.09. The van der Waals surface area contributed by atoms with Crippen LogP contribution in [0.2, 0.25) is 0 Å². The molecule has 46 heavy (non-hydrogen) atoms. The number of benzene rings is 6. The van der Waals surface area contributed by atoms with Crippen molar-refractivity contribution in [3.63, 3.8) is 0 Å². The Labute approximate surface area is 265 Å². The standard InChI is InChI=1S/C42H26N2O2/c1-5-16-36-29(11-1)30-12-2-6-17-37(30)44(36)28-21-23-34-41(26-28)46-39-19-8-4-14-32(39)42(34)31-13-3-7-18-38(31)45-40-25-27(20-22-33(40)42)35-15-9-10-24-43-35/h1-26H. The molecule has 4 nitrogen and oxygen atoms in total. The highest BCUT2D eigenvalue weighted by Gasteiger charge is 2.50. The Morgan fingerprint density at radius 1 is 0.457 bits per heavy atom. The minimum atomic E-state index is -0.656. The Morgan fingerprint density at radius 3 is 1.65 bits per heavy atom. The zero-order valence-electron chi connectivity index (χ0n) is 24.7. The summed E-state index contributed by atoms with van der Waals surface area (Å²) in [4.78, 5) is 4.62. The first kappa shape index (κ1) is 25.2. The lowest BCUT2D eigenvalue weighted by Crippen LogP contribution is -2.36. The van der Waals surface area contributed by atoms with E-state index in [1.807, 2.05) is 36.5 Å². The lowest BCUT2D eigenvalue weighted by molar-refractivity contribution is 0.399. The minimum Gasteiger partial charge on any atom is -0.457 e. The third-order valence-electron chi connectivity index (χ3n) is 9.58. The molecule has 8 aromatic rings. The summed E-state index contributed by atoms with van der Waals surface area (Å²) in [6, 6.07) is 53.2. The van der Waals surface area contributed by atoms with E-state index in [0.717, 1.165) is 62.2 Å². The van der Waals surface area contributed by atoms with Crippen molar-refractivity contribution in [3.8, 4) is 39.9 Å². The second-order valence-electron chi connectivity index (χ2n) is 11.9. The van der Waals surface area contributed by atoms with Crippen molar-refractivity contribution in [2.45, 2.75) is 5.41 Å². The van der Waals surface area contributed by atoms with Crippen LogP contribution in [0.4, 0.5) is 0 Å². The second kappa shape index (κ2) is 9.43. The number of rotatable bonds is 2. The van der Waals surface area contributed by atoms with Gasteiger partial charge in [-0.25, -0.2) is 0 Å². The Kier molecular flexibility index (Phi) is 5.17. The predicted molar refractivity (Wildman–Crippen MR) is 182 cm³/mol. The van der Waals surface area contributed by atoms with Gasteiger partial charge in [-0.1, -0.05) is 97.1 Å². The van der Waals surface area contributed by atoms with Crippen LogP contribution in [0.1, 0.15) is 22.3 Å². The Hall–Kier alpha value is -6.13. The second-order valence-corrected chi connectivity index (χ2v) is 11.9. The first-order valence-corrected chi connectivity index (χ1v) is 15.5. The largest absolute Gasteiger partial charge is 0.457 e. The number of pyridine rings is 1. The molecule has 1 spiro atoms. The minimum absolute atomic E-state index is 0.656. The van der Waals surface area contributed by atoms with E-state index >= 15 is 0 Å². The number of para-hydroxylation sites is 4. The van der Waals surface area contributed by atoms with Crippen molar-refractivity contribution in [3.05, 3.63) is 180 Å². The lowest BCUT2D eigenvalue weighted by Gasteiger charge is -2.45. The van der Waals surface area contributed by atoms with Gasteiger partial charge in [0.25, 0.3) is 0 Å². The Bertz CT molecular complexity index is 2430. The third kappa shape index (κ3) is 3.36. The van der Waals surface area contributed by atoms with Crippen molar-refractivity contribution in [2.24, 2.45) is 0 Å². The number of ether oxygens (including phenoxy) is 2. The van der Waals surface area contributed by atoms with Crippen molar-refractivity contribution >= 4 is 21.8 Å². The number of aromatic nitrogens is 2. The summed E-state index contributed by atoms with van der Waals surface area (Å²) in [6.45, 7) is 0. The van der Waals surface area contributed by atoms with Crippen molar-refractivity contribution in [1.29, 1.82) is 0 Å². The molecule has 4 heterocycles. The summed E-state index contributed by atoms with van der Waals surface area (Å²) in [7, 11) is 0. The maximum absolute atomic E-state index is 6.83. The molecule has 6 aromatic carbocycles. The number of hydrogen-bond donors (Lipinski definition) is 0.